The number of hydrogen-bond donors (Lipinski definition) is 2. The highest BCUT2D eigenvalue weighted by Crippen LogP contribution is 2.22. The third kappa shape index (κ3) is 6.41. The van der Waals surface area contributed by atoms with E-state index in [1.54, 1.807) is 0 Å². The lowest BCUT2D eigenvalue weighted by Gasteiger charge is -2.19. The number of aryl methyl sites for hydroxylation is 1. The molecule has 2 N–H and O–H groups in total. The molecular formula is C22H31IN4. The minimum Gasteiger partial charge on any atom is -0.371 e. The second kappa shape index (κ2) is 11.2. The van der Waals surface area contributed by atoms with E-state index in [9.17, 15) is 0 Å². The Balaban J connectivity index is 0.00000261. The molecule has 2 aromatic carbocycles. The highest BCUT2D eigenvalue weighted by Gasteiger charge is 2.22. The molecule has 1 aliphatic heterocycles. The number of para-hydroxylation sites is 1. The van der Waals surface area contributed by atoms with Gasteiger partial charge < -0.3 is 15.5 Å². The standard InChI is InChI=1S/C22H30N4.HI/c1-3-23-22(25-16-20-10-8-7-9-18(20)2)24-15-19-13-14-26(17-19)21-11-5-4-6-12-21;/h4-12,19H,3,13-17H2,1-2H3,(H2,23,24,25);1H. The van der Waals surface area contributed by atoms with E-state index in [1.165, 1.54) is 23.2 Å². The monoisotopic (exact) mass is 478 g/mol. The average Bonchev–Trinajstić information content (AvgIpc) is 3.15. The summed E-state index contributed by atoms with van der Waals surface area (Å²) >= 11 is 0. The molecule has 5 heteroatoms. The van der Waals surface area contributed by atoms with Crippen LogP contribution in [0.25, 0.3) is 0 Å². The van der Waals surface area contributed by atoms with Crippen molar-refractivity contribution in [2.45, 2.75) is 26.8 Å². The maximum atomic E-state index is 4.76. The first-order chi connectivity index (χ1) is 12.8. The van der Waals surface area contributed by atoms with E-state index in [2.05, 4.69) is 84.0 Å². The van der Waals surface area contributed by atoms with E-state index < -0.39 is 0 Å². The SMILES string of the molecule is CCNC(=NCc1ccccc1C)NCC1CCN(c2ccccc2)C1.I. The predicted molar refractivity (Wildman–Crippen MR) is 126 cm³/mol. The molecule has 1 atom stereocenters. The minimum absolute atomic E-state index is 0. The lowest BCUT2D eigenvalue weighted by molar-refractivity contribution is 0.566. The molecule has 0 aliphatic carbocycles. The first kappa shape index (κ1) is 21.5. The van der Waals surface area contributed by atoms with Crippen molar-refractivity contribution < 1.29 is 0 Å². The molecule has 1 heterocycles. The van der Waals surface area contributed by atoms with Gasteiger partial charge in [-0.2, -0.15) is 0 Å². The van der Waals surface area contributed by atoms with Gasteiger partial charge in [0.2, 0.25) is 0 Å². The van der Waals surface area contributed by atoms with Crippen LogP contribution in [-0.4, -0.2) is 32.1 Å². The lowest BCUT2D eigenvalue weighted by atomic mass is 10.1. The van der Waals surface area contributed by atoms with Crippen LogP contribution in [0.15, 0.2) is 59.6 Å². The van der Waals surface area contributed by atoms with Gasteiger partial charge in [0.1, 0.15) is 0 Å². The van der Waals surface area contributed by atoms with E-state index in [1.807, 2.05) is 0 Å². The lowest BCUT2D eigenvalue weighted by Crippen LogP contribution is -2.40. The smallest absolute Gasteiger partial charge is 0.191 e. The van der Waals surface area contributed by atoms with Crippen molar-refractivity contribution in [3.05, 3.63) is 65.7 Å². The Morgan fingerprint density at radius 2 is 1.81 bits per heavy atom. The molecule has 27 heavy (non-hydrogen) atoms. The van der Waals surface area contributed by atoms with Gasteiger partial charge in [0, 0.05) is 31.9 Å². The summed E-state index contributed by atoms with van der Waals surface area (Å²) in [5.74, 6) is 1.56. The average molecular weight is 478 g/mol. The summed E-state index contributed by atoms with van der Waals surface area (Å²) in [6.07, 6.45) is 1.22. The Morgan fingerprint density at radius 3 is 2.56 bits per heavy atom. The van der Waals surface area contributed by atoms with E-state index in [4.69, 9.17) is 4.99 Å². The van der Waals surface area contributed by atoms with Crippen LogP contribution in [0.2, 0.25) is 0 Å². The van der Waals surface area contributed by atoms with E-state index in [-0.39, 0.29) is 24.0 Å². The van der Waals surface area contributed by atoms with Crippen LogP contribution in [0, 0.1) is 12.8 Å². The molecule has 0 aromatic heterocycles. The first-order valence-electron chi connectivity index (χ1n) is 9.63. The number of nitrogens with one attached hydrogen (secondary N) is 2. The third-order valence-corrected chi connectivity index (χ3v) is 4.98. The fraction of sp³-hybridized carbons (Fsp3) is 0.409. The highest BCUT2D eigenvalue weighted by atomic mass is 127. The maximum absolute atomic E-state index is 4.76. The molecule has 0 saturated carbocycles. The van der Waals surface area contributed by atoms with Crippen LogP contribution in [-0.2, 0) is 6.54 Å². The quantitative estimate of drug-likeness (QED) is 0.372. The molecule has 2 aromatic rings. The molecule has 1 unspecified atom stereocenters. The van der Waals surface area contributed by atoms with Gasteiger partial charge in [-0.3, -0.25) is 0 Å². The van der Waals surface area contributed by atoms with Crippen molar-refractivity contribution in [1.29, 1.82) is 0 Å². The summed E-state index contributed by atoms with van der Waals surface area (Å²) in [5, 5.41) is 6.90. The number of aliphatic imine (C=N–C) groups is 1. The zero-order chi connectivity index (χ0) is 18.2. The zero-order valence-corrected chi connectivity index (χ0v) is 18.6. The molecule has 1 aliphatic rings. The summed E-state index contributed by atoms with van der Waals surface area (Å²) in [5.41, 5.74) is 3.90. The van der Waals surface area contributed by atoms with Gasteiger partial charge in [0.15, 0.2) is 5.96 Å². The van der Waals surface area contributed by atoms with Gasteiger partial charge in [-0.05, 0) is 49.4 Å². The second-order valence-electron chi connectivity index (χ2n) is 6.94. The Kier molecular flexibility index (Phi) is 8.91. The Bertz CT molecular complexity index is 717. The van der Waals surface area contributed by atoms with E-state index >= 15 is 0 Å². The normalized spacial score (nSPS) is 16.7. The molecule has 146 valence electrons. The Hall–Kier alpha value is -1.76. The molecule has 1 fully saturated rings. The molecule has 3 rings (SSSR count). The van der Waals surface area contributed by atoms with Gasteiger partial charge in [0.25, 0.3) is 0 Å². The largest absolute Gasteiger partial charge is 0.371 e. The van der Waals surface area contributed by atoms with E-state index in [0.717, 1.165) is 32.1 Å². The van der Waals surface area contributed by atoms with Crippen LogP contribution >= 0.6 is 24.0 Å². The van der Waals surface area contributed by atoms with Crippen LogP contribution < -0.4 is 15.5 Å². The molecule has 4 nitrogen and oxygen atoms in total. The first-order valence-corrected chi connectivity index (χ1v) is 9.63. The van der Waals surface area contributed by atoms with Crippen LogP contribution in [0.3, 0.4) is 0 Å². The number of anilines is 1. The van der Waals surface area contributed by atoms with Crippen molar-refractivity contribution in [1.82, 2.24) is 10.6 Å². The molecule has 0 bridgehead atoms. The number of halogens is 1. The number of guanidine groups is 1. The van der Waals surface area contributed by atoms with Gasteiger partial charge >= 0.3 is 0 Å². The van der Waals surface area contributed by atoms with Crippen molar-refractivity contribution in [3.8, 4) is 0 Å². The maximum Gasteiger partial charge on any atom is 0.191 e. The van der Waals surface area contributed by atoms with Gasteiger partial charge in [-0.25, -0.2) is 4.99 Å². The van der Waals surface area contributed by atoms with Crippen molar-refractivity contribution in [2.75, 3.05) is 31.1 Å². The second-order valence-corrected chi connectivity index (χ2v) is 6.94. The summed E-state index contributed by atoms with van der Waals surface area (Å²) in [6.45, 7) is 9.03. The van der Waals surface area contributed by atoms with Gasteiger partial charge in [0.05, 0.1) is 6.54 Å². The van der Waals surface area contributed by atoms with Crippen LogP contribution in [0.5, 0.6) is 0 Å². The molecular weight excluding hydrogens is 447 g/mol. The Labute approximate surface area is 180 Å². The predicted octanol–water partition coefficient (Wildman–Crippen LogP) is 4.19. The molecule has 0 amide bonds. The van der Waals surface area contributed by atoms with Crippen molar-refractivity contribution in [2.24, 2.45) is 10.9 Å². The fourth-order valence-electron chi connectivity index (χ4n) is 3.41. The Morgan fingerprint density at radius 1 is 1.07 bits per heavy atom. The van der Waals surface area contributed by atoms with Gasteiger partial charge in [-0.1, -0.05) is 42.5 Å². The number of benzene rings is 2. The minimum atomic E-state index is 0. The van der Waals surface area contributed by atoms with Crippen molar-refractivity contribution >= 4 is 35.6 Å². The molecule has 0 radical (unpaired) electrons. The number of rotatable bonds is 6. The summed E-state index contributed by atoms with van der Waals surface area (Å²) in [7, 11) is 0. The van der Waals surface area contributed by atoms with Gasteiger partial charge in [-0.15, -0.1) is 24.0 Å². The highest BCUT2D eigenvalue weighted by molar-refractivity contribution is 14.0. The topological polar surface area (TPSA) is 39.7 Å². The molecule has 0 spiro atoms. The molecule has 1 saturated heterocycles. The number of hydrogen-bond acceptors (Lipinski definition) is 2. The summed E-state index contributed by atoms with van der Waals surface area (Å²) < 4.78 is 0. The summed E-state index contributed by atoms with van der Waals surface area (Å²) in [6, 6.07) is 19.1. The fourth-order valence-corrected chi connectivity index (χ4v) is 3.41. The third-order valence-electron chi connectivity index (χ3n) is 4.98. The van der Waals surface area contributed by atoms with Crippen molar-refractivity contribution in [3.63, 3.8) is 0 Å². The summed E-state index contributed by atoms with van der Waals surface area (Å²) in [4.78, 5) is 7.24. The van der Waals surface area contributed by atoms with E-state index in [0.29, 0.717) is 12.5 Å². The number of nitrogens with zero attached hydrogens (tertiary/aromatic N) is 2. The van der Waals surface area contributed by atoms with Crippen LogP contribution in [0.4, 0.5) is 5.69 Å². The zero-order valence-electron chi connectivity index (χ0n) is 16.3. The van der Waals surface area contributed by atoms with Crippen LogP contribution in [0.1, 0.15) is 24.5 Å².